The van der Waals surface area contributed by atoms with E-state index in [9.17, 15) is 0 Å². The number of piperazine rings is 1. The first-order chi connectivity index (χ1) is 10.8. The molecule has 116 valence electrons. The summed E-state index contributed by atoms with van der Waals surface area (Å²) < 4.78 is 0. The third kappa shape index (κ3) is 2.60. The van der Waals surface area contributed by atoms with Gasteiger partial charge in [-0.15, -0.1) is 11.3 Å². The highest BCUT2D eigenvalue weighted by Gasteiger charge is 2.35. The van der Waals surface area contributed by atoms with Crippen LogP contribution in [0.4, 0.5) is 5.13 Å². The van der Waals surface area contributed by atoms with Crippen molar-refractivity contribution in [2.75, 3.05) is 31.9 Å². The summed E-state index contributed by atoms with van der Waals surface area (Å²) in [6.45, 7) is 4.36. The first-order valence-corrected chi connectivity index (χ1v) is 8.59. The number of nitrogens with zero attached hydrogens (tertiary/aromatic N) is 4. The molecule has 2 aromatic rings. The molecular weight excluding hydrogens is 296 g/mol. The Kier molecular flexibility index (Phi) is 3.77. The molecule has 0 amide bonds. The molecule has 22 heavy (non-hydrogen) atoms. The molecule has 2 atom stereocenters. The fraction of sp³-hybridized carbons (Fsp3) is 0.533. The number of anilines is 1. The maximum absolute atomic E-state index is 5.97. The molecule has 0 saturated carbocycles. The molecule has 3 N–H and O–H groups in total. The van der Waals surface area contributed by atoms with E-state index in [4.69, 9.17) is 5.73 Å². The smallest absolute Gasteiger partial charge is 0.180 e. The second-order valence-electron chi connectivity index (χ2n) is 5.90. The predicted molar refractivity (Wildman–Crippen MR) is 87.0 cm³/mol. The van der Waals surface area contributed by atoms with Crippen molar-refractivity contribution in [3.8, 4) is 0 Å². The maximum atomic E-state index is 5.97. The summed E-state index contributed by atoms with van der Waals surface area (Å²) in [5.74, 6) is 1.03. The Balaban J connectivity index is 1.67. The van der Waals surface area contributed by atoms with Gasteiger partial charge in [0.25, 0.3) is 0 Å². The SMILES string of the molecule is Nc1nc2c(s1)CC(N1CCNCC1)CC2c1ncccn1. The number of nitrogens with two attached hydrogens (primary N) is 1. The quantitative estimate of drug-likeness (QED) is 0.856. The monoisotopic (exact) mass is 316 g/mol. The van der Waals surface area contributed by atoms with Crippen LogP contribution >= 0.6 is 11.3 Å². The summed E-state index contributed by atoms with van der Waals surface area (Å²) in [5.41, 5.74) is 7.06. The van der Waals surface area contributed by atoms with Crippen molar-refractivity contribution in [3.63, 3.8) is 0 Å². The highest BCUT2D eigenvalue weighted by molar-refractivity contribution is 7.15. The Morgan fingerprint density at radius 3 is 2.77 bits per heavy atom. The molecule has 0 aromatic carbocycles. The number of nitrogen functional groups attached to an aromatic ring is 1. The molecule has 0 bridgehead atoms. The third-order valence-electron chi connectivity index (χ3n) is 4.57. The van der Waals surface area contributed by atoms with Gasteiger partial charge in [0.05, 0.1) is 11.6 Å². The average molecular weight is 316 g/mol. The Morgan fingerprint density at radius 2 is 2.00 bits per heavy atom. The summed E-state index contributed by atoms with van der Waals surface area (Å²) in [5, 5.41) is 4.08. The molecule has 1 aliphatic heterocycles. The van der Waals surface area contributed by atoms with Crippen molar-refractivity contribution in [3.05, 3.63) is 34.9 Å². The largest absolute Gasteiger partial charge is 0.375 e. The minimum Gasteiger partial charge on any atom is -0.375 e. The fourth-order valence-corrected chi connectivity index (χ4v) is 4.49. The number of nitrogens with one attached hydrogen (secondary N) is 1. The minimum atomic E-state index is 0.165. The third-order valence-corrected chi connectivity index (χ3v) is 5.49. The van der Waals surface area contributed by atoms with Gasteiger partial charge in [0.1, 0.15) is 5.82 Å². The lowest BCUT2D eigenvalue weighted by atomic mass is 9.85. The Morgan fingerprint density at radius 1 is 1.23 bits per heavy atom. The molecule has 1 aliphatic carbocycles. The van der Waals surface area contributed by atoms with Gasteiger partial charge in [-0.3, -0.25) is 4.90 Å². The van der Waals surface area contributed by atoms with Gasteiger partial charge in [-0.2, -0.15) is 0 Å². The van der Waals surface area contributed by atoms with E-state index in [1.165, 1.54) is 4.88 Å². The van der Waals surface area contributed by atoms with Crippen LogP contribution < -0.4 is 11.1 Å². The second kappa shape index (κ2) is 5.91. The van der Waals surface area contributed by atoms with Gasteiger partial charge in [0.15, 0.2) is 5.13 Å². The second-order valence-corrected chi connectivity index (χ2v) is 7.01. The zero-order valence-corrected chi connectivity index (χ0v) is 13.2. The van der Waals surface area contributed by atoms with Crippen LogP contribution in [-0.4, -0.2) is 52.1 Å². The Labute approximate surface area is 133 Å². The standard InChI is InChI=1S/C15H20N6S/c16-15-20-13-11(14-18-2-1-3-19-14)8-10(9-12(13)22-15)21-6-4-17-5-7-21/h1-3,10-11,17H,4-9H2,(H2,16,20). The van der Waals surface area contributed by atoms with Gasteiger partial charge < -0.3 is 11.1 Å². The van der Waals surface area contributed by atoms with E-state index in [-0.39, 0.29) is 5.92 Å². The number of rotatable bonds is 2. The fourth-order valence-electron chi connectivity index (χ4n) is 3.53. The first-order valence-electron chi connectivity index (χ1n) is 7.78. The summed E-state index contributed by atoms with van der Waals surface area (Å²) >= 11 is 1.63. The zero-order valence-electron chi connectivity index (χ0n) is 12.4. The molecule has 6 nitrogen and oxygen atoms in total. The van der Waals surface area contributed by atoms with Crippen LogP contribution in [0.15, 0.2) is 18.5 Å². The molecule has 2 aliphatic rings. The van der Waals surface area contributed by atoms with E-state index < -0.39 is 0 Å². The Bertz CT molecular complexity index is 637. The van der Waals surface area contributed by atoms with Crippen molar-refractivity contribution < 1.29 is 0 Å². The molecular formula is C15H20N6S. The van der Waals surface area contributed by atoms with E-state index in [1.807, 2.05) is 18.5 Å². The van der Waals surface area contributed by atoms with Crippen LogP contribution in [0.3, 0.4) is 0 Å². The summed E-state index contributed by atoms with van der Waals surface area (Å²) in [6, 6.07) is 2.39. The van der Waals surface area contributed by atoms with Gasteiger partial charge in [-0.1, -0.05) is 0 Å². The molecule has 7 heteroatoms. The number of aromatic nitrogens is 3. The van der Waals surface area contributed by atoms with Gasteiger partial charge in [-0.25, -0.2) is 15.0 Å². The highest BCUT2D eigenvalue weighted by Crippen LogP contribution is 2.39. The molecule has 2 unspecified atom stereocenters. The minimum absolute atomic E-state index is 0.165. The van der Waals surface area contributed by atoms with E-state index in [1.54, 1.807) is 11.3 Å². The van der Waals surface area contributed by atoms with Gasteiger partial charge >= 0.3 is 0 Å². The highest BCUT2D eigenvalue weighted by atomic mass is 32.1. The van der Waals surface area contributed by atoms with E-state index in [2.05, 4.69) is 25.2 Å². The molecule has 0 spiro atoms. The van der Waals surface area contributed by atoms with Crippen molar-refractivity contribution in [1.82, 2.24) is 25.2 Å². The molecule has 4 rings (SSSR count). The van der Waals surface area contributed by atoms with Crippen molar-refractivity contribution in [1.29, 1.82) is 0 Å². The van der Waals surface area contributed by atoms with Crippen LogP contribution in [0.5, 0.6) is 0 Å². The number of thiazole rings is 1. The van der Waals surface area contributed by atoms with Crippen molar-refractivity contribution in [2.24, 2.45) is 0 Å². The number of fused-ring (bicyclic) bond motifs is 1. The van der Waals surface area contributed by atoms with E-state index in [0.29, 0.717) is 11.2 Å². The first kappa shape index (κ1) is 14.0. The number of hydrogen-bond acceptors (Lipinski definition) is 7. The van der Waals surface area contributed by atoms with E-state index in [0.717, 1.165) is 50.5 Å². The molecule has 2 aromatic heterocycles. The van der Waals surface area contributed by atoms with Crippen LogP contribution in [0.25, 0.3) is 0 Å². The molecule has 1 saturated heterocycles. The molecule has 1 fully saturated rings. The summed E-state index contributed by atoms with van der Waals surface area (Å²) in [6.07, 6.45) is 5.70. The lowest BCUT2D eigenvalue weighted by Crippen LogP contribution is -2.50. The summed E-state index contributed by atoms with van der Waals surface area (Å²) in [7, 11) is 0. The summed E-state index contributed by atoms with van der Waals surface area (Å²) in [4.78, 5) is 17.4. The van der Waals surface area contributed by atoms with Crippen LogP contribution in [-0.2, 0) is 6.42 Å². The van der Waals surface area contributed by atoms with Crippen LogP contribution in [0.2, 0.25) is 0 Å². The zero-order chi connectivity index (χ0) is 14.9. The van der Waals surface area contributed by atoms with Gasteiger partial charge in [-0.05, 0) is 18.9 Å². The molecule has 0 radical (unpaired) electrons. The lowest BCUT2D eigenvalue weighted by molar-refractivity contribution is 0.154. The van der Waals surface area contributed by atoms with Crippen molar-refractivity contribution in [2.45, 2.75) is 24.8 Å². The van der Waals surface area contributed by atoms with Crippen LogP contribution in [0, 0.1) is 0 Å². The van der Waals surface area contributed by atoms with E-state index >= 15 is 0 Å². The van der Waals surface area contributed by atoms with Gasteiger partial charge in [0.2, 0.25) is 0 Å². The van der Waals surface area contributed by atoms with Crippen molar-refractivity contribution >= 4 is 16.5 Å². The maximum Gasteiger partial charge on any atom is 0.180 e. The normalized spacial score (nSPS) is 25.8. The van der Waals surface area contributed by atoms with Gasteiger partial charge in [0, 0.05) is 49.5 Å². The van der Waals surface area contributed by atoms with Crippen LogP contribution in [0.1, 0.15) is 28.7 Å². The molecule has 3 heterocycles. The lowest BCUT2D eigenvalue weighted by Gasteiger charge is -2.38. The Hall–Kier alpha value is -1.57. The topological polar surface area (TPSA) is 80.0 Å². The average Bonchev–Trinajstić information content (AvgIpc) is 2.95. The predicted octanol–water partition coefficient (Wildman–Crippen LogP) is 0.867. The number of hydrogen-bond donors (Lipinski definition) is 2.